The van der Waals surface area contributed by atoms with Gasteiger partial charge in [-0.15, -0.1) is 0 Å². The number of aromatic nitrogens is 1. The van der Waals surface area contributed by atoms with Crippen molar-refractivity contribution >= 4 is 33.1 Å². The molecule has 0 fully saturated rings. The molecule has 2 aliphatic heterocycles. The van der Waals surface area contributed by atoms with Crippen molar-refractivity contribution in [2.75, 3.05) is 18.4 Å². The average Bonchev–Trinajstić information content (AvgIpc) is 3.15. The molecule has 166 valence electrons. The first kappa shape index (κ1) is 21.9. The van der Waals surface area contributed by atoms with Gasteiger partial charge in [0.05, 0.1) is 0 Å². The van der Waals surface area contributed by atoms with Crippen molar-refractivity contribution < 1.29 is 26.0 Å². The van der Waals surface area contributed by atoms with E-state index in [4.69, 9.17) is 4.98 Å². The van der Waals surface area contributed by atoms with Gasteiger partial charge in [-0.05, 0) is 0 Å². The summed E-state index contributed by atoms with van der Waals surface area (Å²) < 4.78 is 5.74. The standard InChI is InChI=1S/C26H22IN4OS/c1-26(16-28)9-10-29-21-8-7-19(12-20(21)26)24(32)30-15-17-11-22-23(14-27-13-17)33-25(31-22)18-5-3-2-4-6-18/h2-8,11-14,29H,9-10,15H2,1H3,(H,30,32)/q-1/t26-/m0/s1. The van der Waals surface area contributed by atoms with Gasteiger partial charge in [-0.3, -0.25) is 0 Å². The zero-order valence-electron chi connectivity index (χ0n) is 18.1. The Labute approximate surface area is 206 Å². The Morgan fingerprint density at radius 2 is 2.12 bits per heavy atom. The summed E-state index contributed by atoms with van der Waals surface area (Å²) in [5, 5.41) is 18.1. The van der Waals surface area contributed by atoms with Crippen molar-refractivity contribution in [3.05, 3.63) is 79.2 Å². The number of nitriles is 1. The fraction of sp³-hybridized carbons (Fsp3) is 0.192. The predicted molar refractivity (Wildman–Crippen MR) is 129 cm³/mol. The molecule has 0 bridgehead atoms. The number of nitrogens with zero attached hydrogens (tertiary/aromatic N) is 2. The summed E-state index contributed by atoms with van der Waals surface area (Å²) in [4.78, 5) is 17.8. The second-order valence-corrected chi connectivity index (χ2v) is 11.3. The number of benzene rings is 2. The third-order valence-electron chi connectivity index (χ3n) is 5.91. The molecule has 2 aromatic carbocycles. The summed E-state index contributed by atoms with van der Waals surface area (Å²) >= 11 is 1.46. The van der Waals surface area contributed by atoms with Gasteiger partial charge in [0.1, 0.15) is 0 Å². The first-order valence-corrected chi connectivity index (χ1v) is 14.0. The number of hydrogen-bond donors (Lipinski definition) is 2. The summed E-state index contributed by atoms with van der Waals surface area (Å²) in [5.41, 5.74) is 4.04. The van der Waals surface area contributed by atoms with E-state index in [9.17, 15) is 10.1 Å². The van der Waals surface area contributed by atoms with Gasteiger partial charge in [0.2, 0.25) is 0 Å². The molecule has 1 atom stereocenters. The van der Waals surface area contributed by atoms with Crippen molar-refractivity contribution in [2.24, 2.45) is 0 Å². The molecule has 5 rings (SSSR count). The minimum absolute atomic E-state index is 0.132. The van der Waals surface area contributed by atoms with Crippen LogP contribution in [-0.4, -0.2) is 24.0 Å². The van der Waals surface area contributed by atoms with Crippen molar-refractivity contribution in [3.8, 4) is 16.6 Å². The van der Waals surface area contributed by atoms with Gasteiger partial charge in [0, 0.05) is 0 Å². The number of carbonyl (C=O) groups is 1. The van der Waals surface area contributed by atoms with Crippen LogP contribution in [0.25, 0.3) is 20.7 Å². The average molecular weight is 565 g/mol. The molecular formula is C26H22IN4OS-. The van der Waals surface area contributed by atoms with Crippen LogP contribution in [-0.2, 0) is 5.41 Å². The van der Waals surface area contributed by atoms with Gasteiger partial charge in [-0.2, -0.15) is 0 Å². The van der Waals surface area contributed by atoms with Crippen LogP contribution in [0.4, 0.5) is 5.69 Å². The molecule has 3 heterocycles. The van der Waals surface area contributed by atoms with Crippen LogP contribution in [0.1, 0.15) is 29.3 Å². The van der Waals surface area contributed by atoms with Gasteiger partial charge in [0.15, 0.2) is 0 Å². The van der Waals surface area contributed by atoms with Crippen LogP contribution in [0.2, 0.25) is 0 Å². The normalized spacial score (nSPS) is 19.0. The van der Waals surface area contributed by atoms with Gasteiger partial charge in [0.25, 0.3) is 0 Å². The van der Waals surface area contributed by atoms with E-state index in [0.29, 0.717) is 12.1 Å². The monoisotopic (exact) mass is 565 g/mol. The van der Waals surface area contributed by atoms with Crippen LogP contribution in [0.5, 0.6) is 0 Å². The Kier molecular flexibility index (Phi) is 6.04. The van der Waals surface area contributed by atoms with Crippen LogP contribution in [0, 0.1) is 11.3 Å². The van der Waals surface area contributed by atoms with E-state index in [0.717, 1.165) is 45.7 Å². The Hall–Kier alpha value is -2.96. The number of nitrogens with one attached hydrogen (secondary N) is 2. The first-order chi connectivity index (χ1) is 16.1. The van der Waals surface area contributed by atoms with Gasteiger partial charge in [-0.25, -0.2) is 0 Å². The molecule has 3 aromatic rings. The van der Waals surface area contributed by atoms with E-state index in [2.05, 4.69) is 43.1 Å². The maximum atomic E-state index is 12.9. The Morgan fingerprint density at radius 3 is 2.94 bits per heavy atom. The van der Waals surface area contributed by atoms with Gasteiger partial charge < -0.3 is 0 Å². The van der Waals surface area contributed by atoms with Crippen LogP contribution in [0.3, 0.4) is 0 Å². The van der Waals surface area contributed by atoms with E-state index < -0.39 is 5.41 Å². The summed E-state index contributed by atoms with van der Waals surface area (Å²) in [6.07, 6.45) is 2.82. The van der Waals surface area contributed by atoms with Gasteiger partial charge >= 0.3 is 208 Å². The minimum atomic E-state index is -0.577. The van der Waals surface area contributed by atoms with Crippen LogP contribution >= 0.6 is 11.3 Å². The fourth-order valence-corrected chi connectivity index (χ4v) is 7.25. The molecule has 0 unspecified atom stereocenters. The fourth-order valence-electron chi connectivity index (χ4n) is 3.97. The molecule has 0 saturated carbocycles. The summed E-state index contributed by atoms with van der Waals surface area (Å²) in [6, 6.07) is 18.2. The van der Waals surface area contributed by atoms with E-state index in [1.165, 1.54) is 4.53 Å². The number of anilines is 1. The second kappa shape index (κ2) is 9.12. The second-order valence-electron chi connectivity index (χ2n) is 8.26. The summed E-state index contributed by atoms with van der Waals surface area (Å²) in [6.45, 7) is 3.15. The summed E-state index contributed by atoms with van der Waals surface area (Å²) in [7, 11) is 0. The van der Waals surface area contributed by atoms with E-state index >= 15 is 0 Å². The Bertz CT molecular complexity index is 1420. The topological polar surface area (TPSA) is 77.8 Å². The molecule has 7 heteroatoms. The number of hydrogen-bond acceptors (Lipinski definition) is 5. The Morgan fingerprint density at radius 1 is 1.27 bits per heavy atom. The molecular weight excluding hydrogens is 543 g/mol. The molecule has 1 amide bonds. The molecule has 2 N–H and O–H groups in total. The number of carbonyl (C=O) groups excluding carboxylic acids is 1. The number of thiazole rings is 1. The number of halogens is 1. The van der Waals surface area contributed by atoms with Crippen molar-refractivity contribution in [1.82, 2.24) is 10.3 Å². The molecule has 2 aliphatic rings. The molecule has 0 saturated heterocycles. The number of amides is 1. The Balaban J connectivity index is 1.34. The van der Waals surface area contributed by atoms with Crippen LogP contribution < -0.4 is 41.7 Å². The van der Waals surface area contributed by atoms with E-state index in [1.54, 1.807) is 11.3 Å². The third kappa shape index (κ3) is 4.45. The molecule has 0 radical (unpaired) electrons. The zero-order chi connectivity index (χ0) is 22.8. The van der Waals surface area contributed by atoms with Crippen molar-refractivity contribution in [3.63, 3.8) is 0 Å². The van der Waals surface area contributed by atoms with E-state index in [1.807, 2.05) is 43.3 Å². The molecule has 0 aliphatic carbocycles. The molecule has 33 heavy (non-hydrogen) atoms. The van der Waals surface area contributed by atoms with Crippen LogP contribution in [0.15, 0.2) is 58.2 Å². The van der Waals surface area contributed by atoms with Crippen molar-refractivity contribution in [2.45, 2.75) is 18.8 Å². The SMILES string of the molecule is C[C@@]1(C#N)CCNc2ccc(C(=O)NCC3=C[I-]C=c4sc(-c5ccccc5)nc4=C3)cc21. The maximum absolute atomic E-state index is 12.9. The molecule has 0 spiro atoms. The van der Waals surface area contributed by atoms with E-state index in [-0.39, 0.29) is 27.1 Å². The molecule has 5 nitrogen and oxygen atoms in total. The number of rotatable bonds is 4. The molecule has 1 aromatic heterocycles. The first-order valence-electron chi connectivity index (χ1n) is 10.7. The quantitative estimate of drug-likeness (QED) is 0.448. The predicted octanol–water partition coefficient (Wildman–Crippen LogP) is 0.342. The van der Waals surface area contributed by atoms with Crippen molar-refractivity contribution in [1.29, 1.82) is 5.26 Å². The van der Waals surface area contributed by atoms with Gasteiger partial charge in [-0.1, -0.05) is 0 Å². The number of fused-ring (bicyclic) bond motifs is 2. The zero-order valence-corrected chi connectivity index (χ0v) is 21.0. The third-order valence-corrected chi connectivity index (χ3v) is 9.54. The summed E-state index contributed by atoms with van der Waals surface area (Å²) in [5.74, 6) is -0.132.